The lowest BCUT2D eigenvalue weighted by atomic mass is 10.2. The quantitative estimate of drug-likeness (QED) is 0.791. The first-order valence-electron chi connectivity index (χ1n) is 7.09. The highest BCUT2D eigenvalue weighted by Crippen LogP contribution is 2.21. The topological polar surface area (TPSA) is 58.4 Å². The number of nitrogens with two attached hydrogens (primary N) is 1. The molecule has 5 heteroatoms. The van der Waals surface area contributed by atoms with E-state index in [9.17, 15) is 4.79 Å². The van der Waals surface area contributed by atoms with Gasteiger partial charge in [-0.1, -0.05) is 12.1 Å². The van der Waals surface area contributed by atoms with E-state index in [1.54, 1.807) is 6.07 Å². The van der Waals surface area contributed by atoms with Gasteiger partial charge in [0, 0.05) is 18.2 Å². The maximum absolute atomic E-state index is 11.9. The van der Waals surface area contributed by atoms with Gasteiger partial charge in [0.05, 0.1) is 11.4 Å². The van der Waals surface area contributed by atoms with Crippen LogP contribution in [0.5, 0.6) is 0 Å². The van der Waals surface area contributed by atoms with Crippen LogP contribution in [0, 0.1) is 0 Å². The SMILES string of the molecule is CN(CCCC(=O)Nc1ccccc1N)C1CCSC1. The molecule has 1 unspecified atom stereocenters. The van der Waals surface area contributed by atoms with Gasteiger partial charge < -0.3 is 16.0 Å². The Balaban J connectivity index is 1.69. The average Bonchev–Trinajstić information content (AvgIpc) is 2.95. The van der Waals surface area contributed by atoms with E-state index in [-0.39, 0.29) is 5.91 Å². The molecule has 110 valence electrons. The molecule has 0 aliphatic carbocycles. The van der Waals surface area contributed by atoms with Crippen molar-refractivity contribution < 1.29 is 4.79 Å². The Morgan fingerprint density at radius 3 is 3.00 bits per heavy atom. The number of nitrogen functional groups attached to an aromatic ring is 1. The molecular formula is C15H23N3OS. The smallest absolute Gasteiger partial charge is 0.224 e. The molecule has 1 fully saturated rings. The Hall–Kier alpha value is -1.20. The molecule has 1 saturated heterocycles. The fourth-order valence-corrected chi connectivity index (χ4v) is 3.66. The number of hydrogen-bond donors (Lipinski definition) is 2. The average molecular weight is 293 g/mol. The van der Waals surface area contributed by atoms with Crippen LogP contribution in [0.25, 0.3) is 0 Å². The third-order valence-electron chi connectivity index (χ3n) is 3.68. The molecule has 0 saturated carbocycles. The molecule has 20 heavy (non-hydrogen) atoms. The number of thioether (sulfide) groups is 1. The van der Waals surface area contributed by atoms with Crippen molar-refractivity contribution in [3.05, 3.63) is 24.3 Å². The minimum atomic E-state index is 0.0390. The molecule has 3 N–H and O–H groups in total. The maximum atomic E-state index is 11.9. The Morgan fingerprint density at radius 2 is 2.30 bits per heavy atom. The molecule has 1 atom stereocenters. The molecule has 1 aromatic carbocycles. The maximum Gasteiger partial charge on any atom is 0.224 e. The fraction of sp³-hybridized carbons (Fsp3) is 0.533. The van der Waals surface area contributed by atoms with E-state index in [4.69, 9.17) is 5.73 Å². The Bertz CT molecular complexity index is 446. The second-order valence-corrected chi connectivity index (χ2v) is 6.39. The molecule has 1 heterocycles. The summed E-state index contributed by atoms with van der Waals surface area (Å²) in [5.41, 5.74) is 7.12. The molecule has 4 nitrogen and oxygen atoms in total. The van der Waals surface area contributed by atoms with Crippen LogP contribution in [0.15, 0.2) is 24.3 Å². The van der Waals surface area contributed by atoms with Crippen molar-refractivity contribution in [1.82, 2.24) is 4.90 Å². The number of carbonyl (C=O) groups excluding carboxylic acids is 1. The molecule has 0 bridgehead atoms. The minimum Gasteiger partial charge on any atom is -0.397 e. The summed E-state index contributed by atoms with van der Waals surface area (Å²) < 4.78 is 0. The van der Waals surface area contributed by atoms with Gasteiger partial charge in [-0.2, -0.15) is 11.8 Å². The molecule has 1 amide bonds. The second kappa shape index (κ2) is 7.55. The summed E-state index contributed by atoms with van der Waals surface area (Å²) in [4.78, 5) is 14.3. The number of para-hydroxylation sites is 2. The Morgan fingerprint density at radius 1 is 1.50 bits per heavy atom. The van der Waals surface area contributed by atoms with Crippen molar-refractivity contribution in [2.24, 2.45) is 0 Å². The Kier molecular flexibility index (Phi) is 5.73. The van der Waals surface area contributed by atoms with Crippen molar-refractivity contribution >= 4 is 29.0 Å². The summed E-state index contributed by atoms with van der Waals surface area (Å²) >= 11 is 2.02. The van der Waals surface area contributed by atoms with E-state index in [2.05, 4.69) is 17.3 Å². The van der Waals surface area contributed by atoms with Crippen molar-refractivity contribution in [3.63, 3.8) is 0 Å². The summed E-state index contributed by atoms with van der Waals surface area (Å²) in [7, 11) is 2.16. The molecule has 1 aliphatic rings. The van der Waals surface area contributed by atoms with Gasteiger partial charge in [0.2, 0.25) is 5.91 Å². The Labute approximate surface area is 125 Å². The van der Waals surface area contributed by atoms with Crippen LogP contribution >= 0.6 is 11.8 Å². The monoisotopic (exact) mass is 293 g/mol. The number of nitrogens with one attached hydrogen (secondary N) is 1. The molecular weight excluding hydrogens is 270 g/mol. The first-order chi connectivity index (χ1) is 9.66. The van der Waals surface area contributed by atoms with Crippen molar-refractivity contribution in [1.29, 1.82) is 0 Å². The fourth-order valence-electron chi connectivity index (χ4n) is 2.36. The highest BCUT2D eigenvalue weighted by Gasteiger charge is 2.19. The number of nitrogens with zero attached hydrogens (tertiary/aromatic N) is 1. The van der Waals surface area contributed by atoms with E-state index in [0.717, 1.165) is 13.0 Å². The van der Waals surface area contributed by atoms with Gasteiger partial charge in [0.25, 0.3) is 0 Å². The summed E-state index contributed by atoms with van der Waals surface area (Å²) in [5, 5.41) is 2.87. The van der Waals surface area contributed by atoms with Crippen LogP contribution in [0.1, 0.15) is 19.3 Å². The molecule has 0 radical (unpaired) electrons. The number of benzene rings is 1. The number of anilines is 2. The number of amides is 1. The second-order valence-electron chi connectivity index (χ2n) is 5.24. The van der Waals surface area contributed by atoms with Gasteiger partial charge in [-0.25, -0.2) is 0 Å². The van der Waals surface area contributed by atoms with E-state index in [1.807, 2.05) is 30.0 Å². The lowest BCUT2D eigenvalue weighted by Crippen LogP contribution is -2.32. The zero-order valence-electron chi connectivity index (χ0n) is 12.0. The van der Waals surface area contributed by atoms with E-state index in [1.165, 1.54) is 17.9 Å². The van der Waals surface area contributed by atoms with Crippen LogP contribution in [0.2, 0.25) is 0 Å². The molecule has 1 aromatic rings. The van der Waals surface area contributed by atoms with Crippen LogP contribution in [-0.4, -0.2) is 41.9 Å². The minimum absolute atomic E-state index is 0.0390. The predicted molar refractivity (Wildman–Crippen MR) is 87.1 cm³/mol. The van der Waals surface area contributed by atoms with Gasteiger partial charge >= 0.3 is 0 Å². The standard InChI is InChI=1S/C15H23N3OS/c1-18(12-8-10-20-11-12)9-4-7-15(19)17-14-6-3-2-5-13(14)16/h2-3,5-6,12H,4,7-11,16H2,1H3,(H,17,19). The first-order valence-corrected chi connectivity index (χ1v) is 8.24. The van der Waals surface area contributed by atoms with Gasteiger partial charge in [-0.3, -0.25) is 4.79 Å². The van der Waals surface area contributed by atoms with Crippen molar-refractivity contribution in [3.8, 4) is 0 Å². The molecule has 2 rings (SSSR count). The largest absolute Gasteiger partial charge is 0.397 e. The van der Waals surface area contributed by atoms with Crippen LogP contribution in [-0.2, 0) is 4.79 Å². The molecule has 0 spiro atoms. The van der Waals surface area contributed by atoms with Crippen molar-refractivity contribution in [2.45, 2.75) is 25.3 Å². The summed E-state index contributed by atoms with van der Waals surface area (Å²) in [6.07, 6.45) is 2.70. The third kappa shape index (κ3) is 4.42. The molecule has 0 aromatic heterocycles. The highest BCUT2D eigenvalue weighted by atomic mass is 32.2. The van der Waals surface area contributed by atoms with Gasteiger partial charge in [0.15, 0.2) is 0 Å². The van der Waals surface area contributed by atoms with E-state index >= 15 is 0 Å². The van der Waals surface area contributed by atoms with Gasteiger partial charge in [-0.15, -0.1) is 0 Å². The van der Waals surface area contributed by atoms with Crippen LogP contribution in [0.4, 0.5) is 11.4 Å². The van der Waals surface area contributed by atoms with E-state index in [0.29, 0.717) is 23.8 Å². The van der Waals surface area contributed by atoms with Gasteiger partial charge in [0.1, 0.15) is 0 Å². The number of hydrogen-bond acceptors (Lipinski definition) is 4. The van der Waals surface area contributed by atoms with Crippen molar-refractivity contribution in [2.75, 3.05) is 36.1 Å². The lowest BCUT2D eigenvalue weighted by Gasteiger charge is -2.23. The number of rotatable bonds is 6. The van der Waals surface area contributed by atoms with Crippen LogP contribution in [0.3, 0.4) is 0 Å². The van der Waals surface area contributed by atoms with Crippen LogP contribution < -0.4 is 11.1 Å². The predicted octanol–water partition coefficient (Wildman–Crippen LogP) is 2.42. The molecule has 1 aliphatic heterocycles. The number of carbonyl (C=O) groups is 1. The lowest BCUT2D eigenvalue weighted by molar-refractivity contribution is -0.116. The third-order valence-corrected chi connectivity index (χ3v) is 4.82. The summed E-state index contributed by atoms with van der Waals surface area (Å²) in [6, 6.07) is 8.04. The summed E-state index contributed by atoms with van der Waals surface area (Å²) in [5.74, 6) is 2.53. The van der Waals surface area contributed by atoms with E-state index < -0.39 is 0 Å². The summed E-state index contributed by atoms with van der Waals surface area (Å²) in [6.45, 7) is 0.975. The zero-order valence-corrected chi connectivity index (χ0v) is 12.8. The first kappa shape index (κ1) is 15.2. The zero-order chi connectivity index (χ0) is 14.4. The highest BCUT2D eigenvalue weighted by molar-refractivity contribution is 7.99. The van der Waals surface area contributed by atoms with Gasteiger partial charge in [-0.05, 0) is 44.3 Å². The normalized spacial score (nSPS) is 18.4.